The molecule has 4 fully saturated rings. The molecule has 0 saturated heterocycles. The van der Waals surface area contributed by atoms with E-state index in [1.807, 2.05) is 0 Å². The van der Waals surface area contributed by atoms with Crippen molar-refractivity contribution < 1.29 is 0 Å². The fourth-order valence-corrected chi connectivity index (χ4v) is 5.56. The second-order valence-corrected chi connectivity index (χ2v) is 6.42. The Kier molecular flexibility index (Phi) is 4.09. The van der Waals surface area contributed by atoms with E-state index in [4.69, 9.17) is 0 Å². The van der Waals surface area contributed by atoms with Gasteiger partial charge in [0, 0.05) is 5.54 Å². The van der Waals surface area contributed by atoms with Crippen LogP contribution in [-0.4, -0.2) is 23.5 Å². The standard InChI is InChI=1S/C15H27N.ClH/c1-3-16(4-2)15-9-5-6-13-10-12(11-15)7-8-14(13)15;/h12-14H,3-11H2,1-2H3;1H/t12-,13-,14-,15+;/m1./s1. The number of rotatable bonds is 3. The van der Waals surface area contributed by atoms with E-state index in [0.717, 1.165) is 17.8 Å². The number of hydrogen-bond donors (Lipinski definition) is 0. The molecule has 100 valence electrons. The van der Waals surface area contributed by atoms with Crippen LogP contribution in [0, 0.1) is 17.8 Å². The predicted molar refractivity (Wildman–Crippen MR) is 75.7 cm³/mol. The van der Waals surface area contributed by atoms with Crippen LogP contribution in [-0.2, 0) is 0 Å². The Hall–Kier alpha value is 0.250. The fraction of sp³-hybridized carbons (Fsp3) is 1.00. The zero-order chi connectivity index (χ0) is 11.2. The van der Waals surface area contributed by atoms with E-state index in [2.05, 4.69) is 18.7 Å². The van der Waals surface area contributed by atoms with Crippen LogP contribution in [0.2, 0.25) is 0 Å². The minimum Gasteiger partial charge on any atom is -0.298 e. The van der Waals surface area contributed by atoms with Crippen LogP contribution in [0.15, 0.2) is 0 Å². The van der Waals surface area contributed by atoms with Gasteiger partial charge >= 0.3 is 0 Å². The zero-order valence-corrected chi connectivity index (χ0v) is 12.3. The van der Waals surface area contributed by atoms with Crippen LogP contribution in [0.25, 0.3) is 0 Å². The molecule has 1 nitrogen and oxygen atoms in total. The van der Waals surface area contributed by atoms with Gasteiger partial charge in [0.15, 0.2) is 0 Å². The van der Waals surface area contributed by atoms with Crippen molar-refractivity contribution in [1.29, 1.82) is 0 Å². The van der Waals surface area contributed by atoms with E-state index in [1.165, 1.54) is 32.4 Å². The van der Waals surface area contributed by atoms with Crippen molar-refractivity contribution in [2.75, 3.05) is 13.1 Å². The number of hydrogen-bond acceptors (Lipinski definition) is 1. The van der Waals surface area contributed by atoms with Crippen molar-refractivity contribution in [1.82, 2.24) is 4.90 Å². The quantitative estimate of drug-likeness (QED) is 0.736. The first kappa shape index (κ1) is 13.7. The van der Waals surface area contributed by atoms with Crippen LogP contribution in [0.5, 0.6) is 0 Å². The third-order valence-corrected chi connectivity index (χ3v) is 6.00. The molecule has 0 aliphatic heterocycles. The van der Waals surface area contributed by atoms with Crippen molar-refractivity contribution in [3.8, 4) is 0 Å². The molecule has 2 heteroatoms. The maximum absolute atomic E-state index is 2.83. The lowest BCUT2D eigenvalue weighted by Gasteiger charge is -2.62. The minimum absolute atomic E-state index is 0. The third kappa shape index (κ3) is 1.94. The first-order valence-electron chi connectivity index (χ1n) is 7.55. The van der Waals surface area contributed by atoms with Crippen LogP contribution in [0.1, 0.15) is 58.8 Å². The SMILES string of the molecule is CCN(CC)[C@]12CCC[C@@H]3C[C@@H](CC[C@H]31)C2.Cl. The summed E-state index contributed by atoms with van der Waals surface area (Å²) < 4.78 is 0. The Morgan fingerprint density at radius 1 is 1.12 bits per heavy atom. The highest BCUT2D eigenvalue weighted by Gasteiger charge is 2.55. The lowest BCUT2D eigenvalue weighted by molar-refractivity contribution is -0.111. The number of fused-ring (bicyclic) bond motifs is 1. The Bertz CT molecular complexity index is 264. The zero-order valence-electron chi connectivity index (χ0n) is 11.5. The normalized spacial score (nSPS) is 43.6. The van der Waals surface area contributed by atoms with E-state index in [0.29, 0.717) is 5.54 Å². The monoisotopic (exact) mass is 257 g/mol. The van der Waals surface area contributed by atoms with Crippen molar-refractivity contribution in [2.45, 2.75) is 64.3 Å². The molecule has 0 unspecified atom stereocenters. The van der Waals surface area contributed by atoms with Gasteiger partial charge in [0.25, 0.3) is 0 Å². The van der Waals surface area contributed by atoms with Gasteiger partial charge in [0.2, 0.25) is 0 Å². The summed E-state index contributed by atoms with van der Waals surface area (Å²) in [6, 6.07) is 0. The van der Waals surface area contributed by atoms with Crippen molar-refractivity contribution in [3.05, 3.63) is 0 Å². The summed E-state index contributed by atoms with van der Waals surface area (Å²) in [5.74, 6) is 3.24. The molecule has 4 aliphatic carbocycles. The molecule has 0 aromatic heterocycles. The van der Waals surface area contributed by atoms with E-state index in [-0.39, 0.29) is 12.4 Å². The Morgan fingerprint density at radius 2 is 1.88 bits per heavy atom. The molecule has 4 saturated carbocycles. The summed E-state index contributed by atoms with van der Waals surface area (Å²) in [5.41, 5.74) is 0.646. The van der Waals surface area contributed by atoms with E-state index in [9.17, 15) is 0 Å². The van der Waals surface area contributed by atoms with Gasteiger partial charge in [-0.15, -0.1) is 12.4 Å². The smallest absolute Gasteiger partial charge is 0.0242 e. The van der Waals surface area contributed by atoms with Crippen LogP contribution >= 0.6 is 12.4 Å². The molecule has 4 aliphatic rings. The van der Waals surface area contributed by atoms with E-state index >= 15 is 0 Å². The van der Waals surface area contributed by atoms with Crippen LogP contribution < -0.4 is 0 Å². The summed E-state index contributed by atoms with van der Waals surface area (Å²) in [4.78, 5) is 2.83. The summed E-state index contributed by atoms with van der Waals surface area (Å²) in [6.45, 7) is 7.27. The molecule has 0 radical (unpaired) electrons. The van der Waals surface area contributed by atoms with Gasteiger partial charge in [-0.1, -0.05) is 33.1 Å². The summed E-state index contributed by atoms with van der Waals surface area (Å²) in [7, 11) is 0. The highest BCUT2D eigenvalue weighted by atomic mass is 35.5. The molecule has 17 heavy (non-hydrogen) atoms. The first-order valence-corrected chi connectivity index (χ1v) is 7.55. The third-order valence-electron chi connectivity index (χ3n) is 6.00. The lowest BCUT2D eigenvalue weighted by Crippen LogP contribution is -2.63. The van der Waals surface area contributed by atoms with Crippen LogP contribution in [0.4, 0.5) is 0 Å². The first-order chi connectivity index (χ1) is 7.80. The predicted octanol–water partition coefficient (Wildman–Crippen LogP) is 4.11. The topological polar surface area (TPSA) is 3.24 Å². The molecule has 4 bridgehead atoms. The molecular formula is C15H28ClN. The van der Waals surface area contributed by atoms with Gasteiger partial charge in [-0.05, 0) is 56.5 Å². The Balaban J connectivity index is 0.00000108. The van der Waals surface area contributed by atoms with E-state index in [1.54, 1.807) is 25.7 Å². The minimum atomic E-state index is 0. The molecule has 0 N–H and O–H groups in total. The molecule has 4 rings (SSSR count). The van der Waals surface area contributed by atoms with Gasteiger partial charge in [0.1, 0.15) is 0 Å². The van der Waals surface area contributed by atoms with Gasteiger partial charge in [-0.25, -0.2) is 0 Å². The molecule has 0 spiro atoms. The molecule has 4 atom stereocenters. The molecular weight excluding hydrogens is 230 g/mol. The molecule has 0 aromatic rings. The highest BCUT2D eigenvalue weighted by molar-refractivity contribution is 5.85. The second-order valence-electron chi connectivity index (χ2n) is 6.42. The van der Waals surface area contributed by atoms with E-state index < -0.39 is 0 Å². The van der Waals surface area contributed by atoms with Crippen molar-refractivity contribution in [2.24, 2.45) is 17.8 Å². The summed E-state index contributed by atoms with van der Waals surface area (Å²) in [6.07, 6.45) is 10.8. The Morgan fingerprint density at radius 3 is 2.53 bits per heavy atom. The molecule has 0 amide bonds. The number of nitrogens with zero attached hydrogens (tertiary/aromatic N) is 1. The largest absolute Gasteiger partial charge is 0.298 e. The number of halogens is 1. The summed E-state index contributed by atoms with van der Waals surface area (Å²) >= 11 is 0. The maximum atomic E-state index is 2.83. The lowest BCUT2D eigenvalue weighted by atomic mass is 9.50. The second kappa shape index (κ2) is 5.09. The average molecular weight is 258 g/mol. The van der Waals surface area contributed by atoms with Crippen LogP contribution in [0.3, 0.4) is 0 Å². The molecule has 0 heterocycles. The van der Waals surface area contributed by atoms with Crippen molar-refractivity contribution in [3.63, 3.8) is 0 Å². The van der Waals surface area contributed by atoms with Gasteiger partial charge in [0.05, 0.1) is 0 Å². The maximum Gasteiger partial charge on any atom is 0.0242 e. The van der Waals surface area contributed by atoms with Gasteiger partial charge in [-0.2, -0.15) is 0 Å². The average Bonchev–Trinajstić information content (AvgIpc) is 2.30. The molecule has 0 aromatic carbocycles. The Labute approximate surface area is 113 Å². The highest BCUT2D eigenvalue weighted by Crippen LogP contribution is 2.58. The van der Waals surface area contributed by atoms with Gasteiger partial charge in [-0.3, -0.25) is 4.90 Å². The van der Waals surface area contributed by atoms with Gasteiger partial charge < -0.3 is 0 Å². The fourth-order valence-electron chi connectivity index (χ4n) is 5.56. The summed E-state index contributed by atoms with van der Waals surface area (Å²) in [5, 5.41) is 0. The van der Waals surface area contributed by atoms with Crippen molar-refractivity contribution >= 4 is 12.4 Å².